The van der Waals surface area contributed by atoms with Crippen molar-refractivity contribution in [2.24, 2.45) is 0 Å². The lowest BCUT2D eigenvalue weighted by Gasteiger charge is -2.45. The number of hydrogen-bond donors (Lipinski definition) is 0. The smallest absolute Gasteiger partial charge is 0.110 e. The predicted octanol–water partition coefficient (Wildman–Crippen LogP) is 3.38. The first-order chi connectivity index (χ1) is 9.80. The van der Waals surface area contributed by atoms with Gasteiger partial charge in [-0.05, 0) is 37.8 Å². The van der Waals surface area contributed by atoms with E-state index in [4.69, 9.17) is 0 Å². The zero-order valence-electron chi connectivity index (χ0n) is 12.3. The highest BCUT2D eigenvalue weighted by molar-refractivity contribution is 5.48. The van der Waals surface area contributed by atoms with Crippen molar-refractivity contribution in [2.45, 2.75) is 50.7 Å². The zero-order valence-corrected chi connectivity index (χ0v) is 12.3. The number of piperidine rings is 1. The lowest BCUT2D eigenvalue weighted by molar-refractivity contribution is 0.0641. The lowest BCUT2D eigenvalue weighted by atomic mass is 9.83. The molecule has 20 heavy (non-hydrogen) atoms. The standard InChI is InChI=1S/C17H23N3/c1-2-10-17(14-18)11-6-9-16-19(12-13-20(16)17)15-7-4-3-5-8-15/h3-5,7-8,16H,2,6,9-13H2,1H3. The number of benzene rings is 1. The molecule has 0 aliphatic carbocycles. The largest absolute Gasteiger partial charge is 0.354 e. The molecule has 0 bridgehead atoms. The highest BCUT2D eigenvalue weighted by Crippen LogP contribution is 2.40. The number of nitrogens with zero attached hydrogens (tertiary/aromatic N) is 3. The summed E-state index contributed by atoms with van der Waals surface area (Å²) in [5.41, 5.74) is 1.08. The normalized spacial score (nSPS) is 30.0. The van der Waals surface area contributed by atoms with E-state index < -0.39 is 0 Å². The Labute approximate surface area is 121 Å². The minimum atomic E-state index is -0.221. The summed E-state index contributed by atoms with van der Waals surface area (Å²) in [6.45, 7) is 4.25. The van der Waals surface area contributed by atoms with Crippen molar-refractivity contribution in [2.75, 3.05) is 18.0 Å². The Morgan fingerprint density at radius 2 is 2.10 bits per heavy atom. The van der Waals surface area contributed by atoms with Gasteiger partial charge >= 0.3 is 0 Å². The second-order valence-corrected chi connectivity index (χ2v) is 5.99. The van der Waals surface area contributed by atoms with Gasteiger partial charge in [-0.25, -0.2) is 0 Å². The third-order valence-electron chi connectivity index (χ3n) is 4.86. The maximum Gasteiger partial charge on any atom is 0.110 e. The summed E-state index contributed by atoms with van der Waals surface area (Å²) in [5, 5.41) is 9.77. The van der Waals surface area contributed by atoms with Gasteiger partial charge in [0.2, 0.25) is 0 Å². The molecule has 2 unspecified atom stereocenters. The van der Waals surface area contributed by atoms with Crippen molar-refractivity contribution < 1.29 is 0 Å². The van der Waals surface area contributed by atoms with Gasteiger partial charge in [0.1, 0.15) is 5.54 Å². The van der Waals surface area contributed by atoms with E-state index in [-0.39, 0.29) is 5.54 Å². The molecule has 0 radical (unpaired) electrons. The number of rotatable bonds is 3. The average Bonchev–Trinajstić information content (AvgIpc) is 2.94. The third-order valence-corrected chi connectivity index (χ3v) is 4.86. The van der Waals surface area contributed by atoms with Gasteiger partial charge in [-0.2, -0.15) is 5.26 Å². The summed E-state index contributed by atoms with van der Waals surface area (Å²) in [4.78, 5) is 4.97. The number of para-hydroxylation sites is 1. The molecule has 2 aliphatic heterocycles. The molecular weight excluding hydrogens is 246 g/mol. The van der Waals surface area contributed by atoms with Crippen LogP contribution in [-0.2, 0) is 0 Å². The van der Waals surface area contributed by atoms with Crippen LogP contribution in [0, 0.1) is 11.3 Å². The van der Waals surface area contributed by atoms with Crippen LogP contribution < -0.4 is 4.90 Å². The van der Waals surface area contributed by atoms with Crippen LogP contribution in [0.3, 0.4) is 0 Å². The first-order valence-corrected chi connectivity index (χ1v) is 7.80. The van der Waals surface area contributed by atoms with E-state index in [1.165, 1.54) is 12.1 Å². The van der Waals surface area contributed by atoms with Gasteiger partial charge in [0, 0.05) is 18.8 Å². The molecule has 106 valence electrons. The van der Waals surface area contributed by atoms with Crippen molar-refractivity contribution in [3.05, 3.63) is 30.3 Å². The summed E-state index contributed by atoms with van der Waals surface area (Å²) in [5.74, 6) is 0. The van der Waals surface area contributed by atoms with E-state index in [9.17, 15) is 5.26 Å². The van der Waals surface area contributed by atoms with Crippen LogP contribution in [0.1, 0.15) is 39.0 Å². The quantitative estimate of drug-likeness (QED) is 0.842. The van der Waals surface area contributed by atoms with Crippen molar-refractivity contribution in [3.63, 3.8) is 0 Å². The molecular formula is C17H23N3. The maximum absolute atomic E-state index is 9.77. The van der Waals surface area contributed by atoms with Gasteiger partial charge in [0.05, 0.1) is 12.2 Å². The molecule has 1 aromatic carbocycles. The molecule has 3 rings (SSSR count). The van der Waals surface area contributed by atoms with Gasteiger partial charge in [-0.1, -0.05) is 31.5 Å². The topological polar surface area (TPSA) is 30.3 Å². The van der Waals surface area contributed by atoms with Crippen molar-refractivity contribution in [1.29, 1.82) is 5.26 Å². The van der Waals surface area contributed by atoms with E-state index >= 15 is 0 Å². The monoisotopic (exact) mass is 269 g/mol. The van der Waals surface area contributed by atoms with Crippen LogP contribution in [0.25, 0.3) is 0 Å². The van der Waals surface area contributed by atoms with E-state index in [0.717, 1.165) is 38.8 Å². The van der Waals surface area contributed by atoms with Crippen LogP contribution in [-0.4, -0.2) is 29.7 Å². The Morgan fingerprint density at radius 3 is 2.80 bits per heavy atom. The highest BCUT2D eigenvalue weighted by atomic mass is 15.4. The number of anilines is 1. The predicted molar refractivity (Wildman–Crippen MR) is 81.4 cm³/mol. The average molecular weight is 269 g/mol. The summed E-state index contributed by atoms with van der Waals surface area (Å²) in [6, 6.07) is 13.3. The van der Waals surface area contributed by atoms with Gasteiger partial charge in [-0.3, -0.25) is 4.90 Å². The summed E-state index contributed by atoms with van der Waals surface area (Å²) in [6.07, 6.45) is 5.89. The van der Waals surface area contributed by atoms with Gasteiger partial charge in [0.25, 0.3) is 0 Å². The molecule has 0 N–H and O–H groups in total. The van der Waals surface area contributed by atoms with Crippen LogP contribution in [0.2, 0.25) is 0 Å². The van der Waals surface area contributed by atoms with E-state index in [0.29, 0.717) is 6.17 Å². The lowest BCUT2D eigenvalue weighted by Crippen LogP contribution is -2.55. The zero-order chi connectivity index (χ0) is 14.0. The highest BCUT2D eigenvalue weighted by Gasteiger charge is 2.48. The first kappa shape index (κ1) is 13.5. The fraction of sp³-hybridized carbons (Fsp3) is 0.588. The molecule has 0 amide bonds. The number of nitriles is 1. The van der Waals surface area contributed by atoms with Crippen LogP contribution in [0.4, 0.5) is 5.69 Å². The second kappa shape index (κ2) is 5.46. The molecule has 2 heterocycles. The molecule has 2 aliphatic rings. The molecule has 0 spiro atoms. The summed E-state index contributed by atoms with van der Waals surface area (Å²) in [7, 11) is 0. The molecule has 2 saturated heterocycles. The van der Waals surface area contributed by atoms with Crippen molar-refractivity contribution in [1.82, 2.24) is 4.90 Å². The Bertz CT molecular complexity index is 489. The van der Waals surface area contributed by atoms with Gasteiger partial charge in [0.15, 0.2) is 0 Å². The number of hydrogen-bond acceptors (Lipinski definition) is 3. The summed E-state index contributed by atoms with van der Waals surface area (Å²) < 4.78 is 0. The molecule has 0 aromatic heterocycles. The molecule has 0 saturated carbocycles. The fourth-order valence-corrected chi connectivity index (χ4v) is 3.99. The first-order valence-electron chi connectivity index (χ1n) is 7.80. The maximum atomic E-state index is 9.77. The van der Waals surface area contributed by atoms with Gasteiger partial charge < -0.3 is 4.90 Å². The fourth-order valence-electron chi connectivity index (χ4n) is 3.99. The third kappa shape index (κ3) is 2.09. The molecule has 3 heteroatoms. The molecule has 3 nitrogen and oxygen atoms in total. The Kier molecular flexibility index (Phi) is 3.67. The molecule has 2 fully saturated rings. The SMILES string of the molecule is CCCC1(C#N)CCCC2N(c3ccccc3)CCN21. The molecule has 1 aromatic rings. The minimum absolute atomic E-state index is 0.221. The Balaban J connectivity index is 1.87. The Hall–Kier alpha value is -1.53. The van der Waals surface area contributed by atoms with Crippen molar-refractivity contribution >= 4 is 5.69 Å². The van der Waals surface area contributed by atoms with E-state index in [2.05, 4.69) is 53.1 Å². The van der Waals surface area contributed by atoms with Crippen molar-refractivity contribution in [3.8, 4) is 6.07 Å². The van der Waals surface area contributed by atoms with E-state index in [1.54, 1.807) is 0 Å². The van der Waals surface area contributed by atoms with E-state index in [1.807, 2.05) is 0 Å². The van der Waals surface area contributed by atoms with Crippen LogP contribution >= 0.6 is 0 Å². The van der Waals surface area contributed by atoms with Crippen LogP contribution in [0.15, 0.2) is 30.3 Å². The van der Waals surface area contributed by atoms with Gasteiger partial charge in [-0.15, -0.1) is 0 Å². The van der Waals surface area contributed by atoms with Crippen LogP contribution in [0.5, 0.6) is 0 Å². The number of fused-ring (bicyclic) bond motifs is 1. The molecule has 2 atom stereocenters. The summed E-state index contributed by atoms with van der Waals surface area (Å²) >= 11 is 0. The minimum Gasteiger partial charge on any atom is -0.354 e. The second-order valence-electron chi connectivity index (χ2n) is 5.99. The Morgan fingerprint density at radius 1 is 1.30 bits per heavy atom.